The van der Waals surface area contributed by atoms with Crippen molar-refractivity contribution < 1.29 is 28.6 Å². The van der Waals surface area contributed by atoms with E-state index in [0.29, 0.717) is 19.3 Å². The summed E-state index contributed by atoms with van der Waals surface area (Å²) in [5.41, 5.74) is 0. The number of rotatable bonds is 43. The minimum atomic E-state index is -0.796. The van der Waals surface area contributed by atoms with E-state index >= 15 is 0 Å². The van der Waals surface area contributed by atoms with Crippen LogP contribution in [0.4, 0.5) is 0 Å². The van der Waals surface area contributed by atoms with Crippen LogP contribution >= 0.6 is 0 Å². The third-order valence-corrected chi connectivity index (χ3v) is 10.2. The summed E-state index contributed by atoms with van der Waals surface area (Å²) in [4.78, 5) is 37.8. The number of hydrogen-bond acceptors (Lipinski definition) is 6. The molecule has 0 amide bonds. The molecule has 0 aliphatic carbocycles. The number of carbonyl (C=O) groups excluding carboxylic acids is 3. The molecule has 0 N–H and O–H groups in total. The van der Waals surface area contributed by atoms with Crippen LogP contribution in [0.15, 0.2) is 60.8 Å². The van der Waals surface area contributed by atoms with Crippen LogP contribution in [0.5, 0.6) is 0 Å². The highest BCUT2D eigenvalue weighted by molar-refractivity contribution is 5.71. The Labute approximate surface area is 358 Å². The van der Waals surface area contributed by atoms with Crippen LogP contribution in [0, 0.1) is 0 Å². The largest absolute Gasteiger partial charge is 0.462 e. The zero-order valence-corrected chi connectivity index (χ0v) is 38.0. The van der Waals surface area contributed by atoms with Crippen molar-refractivity contribution in [2.45, 2.75) is 239 Å². The second kappa shape index (κ2) is 46.8. The lowest BCUT2D eigenvalue weighted by molar-refractivity contribution is -0.167. The molecule has 0 aromatic carbocycles. The van der Waals surface area contributed by atoms with Crippen molar-refractivity contribution in [3.8, 4) is 0 Å². The van der Waals surface area contributed by atoms with E-state index in [1.807, 2.05) is 0 Å². The first-order chi connectivity index (χ1) is 28.5. The molecule has 0 bridgehead atoms. The molecule has 0 radical (unpaired) electrons. The molecule has 1 atom stereocenters. The fraction of sp³-hybridized carbons (Fsp3) is 0.750. The molecular formula is C52H90O6. The Morgan fingerprint density at radius 2 is 0.638 bits per heavy atom. The van der Waals surface area contributed by atoms with Gasteiger partial charge in [-0.3, -0.25) is 14.4 Å². The Kier molecular flexibility index (Phi) is 44.5. The Balaban J connectivity index is 4.45. The Morgan fingerprint density at radius 3 is 1.09 bits per heavy atom. The van der Waals surface area contributed by atoms with Crippen molar-refractivity contribution in [2.75, 3.05) is 13.2 Å². The summed E-state index contributed by atoms with van der Waals surface area (Å²) >= 11 is 0. The van der Waals surface area contributed by atoms with E-state index in [2.05, 4.69) is 81.5 Å². The van der Waals surface area contributed by atoms with E-state index in [9.17, 15) is 14.4 Å². The molecule has 0 aliphatic rings. The van der Waals surface area contributed by atoms with Crippen molar-refractivity contribution >= 4 is 17.9 Å². The minimum absolute atomic E-state index is 0.0935. The number of unbranched alkanes of at least 4 members (excludes halogenated alkanes) is 22. The summed E-state index contributed by atoms with van der Waals surface area (Å²) in [6, 6.07) is 0. The molecule has 0 spiro atoms. The van der Waals surface area contributed by atoms with Crippen LogP contribution in [0.2, 0.25) is 0 Å². The summed E-state index contributed by atoms with van der Waals surface area (Å²) in [5, 5.41) is 0. The zero-order chi connectivity index (χ0) is 42.3. The van der Waals surface area contributed by atoms with Crippen LogP contribution < -0.4 is 0 Å². The van der Waals surface area contributed by atoms with E-state index in [1.165, 1.54) is 109 Å². The fourth-order valence-corrected chi connectivity index (χ4v) is 6.55. The zero-order valence-electron chi connectivity index (χ0n) is 38.0. The van der Waals surface area contributed by atoms with Gasteiger partial charge in [0, 0.05) is 19.3 Å². The molecule has 0 heterocycles. The van der Waals surface area contributed by atoms with Gasteiger partial charge in [0.05, 0.1) is 0 Å². The third-order valence-electron chi connectivity index (χ3n) is 10.2. The molecule has 0 aliphatic heterocycles. The third kappa shape index (κ3) is 44.2. The van der Waals surface area contributed by atoms with Gasteiger partial charge in [0.15, 0.2) is 6.10 Å². The summed E-state index contributed by atoms with van der Waals surface area (Å²) in [6.45, 7) is 6.52. The maximum Gasteiger partial charge on any atom is 0.306 e. The molecule has 58 heavy (non-hydrogen) atoms. The van der Waals surface area contributed by atoms with Gasteiger partial charge in [0.2, 0.25) is 0 Å². The van der Waals surface area contributed by atoms with Gasteiger partial charge in [-0.05, 0) is 83.5 Å². The molecule has 0 saturated carbocycles. The predicted octanol–water partition coefficient (Wildman–Crippen LogP) is 15.7. The van der Waals surface area contributed by atoms with Crippen molar-refractivity contribution in [1.29, 1.82) is 0 Å². The van der Waals surface area contributed by atoms with Gasteiger partial charge in [-0.1, -0.05) is 191 Å². The summed E-state index contributed by atoms with van der Waals surface area (Å²) in [5.74, 6) is -0.964. The van der Waals surface area contributed by atoms with Crippen molar-refractivity contribution in [2.24, 2.45) is 0 Å². The van der Waals surface area contributed by atoms with E-state index in [1.54, 1.807) is 0 Å². The molecule has 0 rings (SSSR count). The molecule has 0 saturated heterocycles. The van der Waals surface area contributed by atoms with Crippen LogP contribution in [0.25, 0.3) is 0 Å². The maximum absolute atomic E-state index is 12.7. The van der Waals surface area contributed by atoms with Crippen LogP contribution in [-0.2, 0) is 28.6 Å². The van der Waals surface area contributed by atoms with Gasteiger partial charge in [0.25, 0.3) is 0 Å². The number of allylic oxidation sites excluding steroid dienone is 10. The van der Waals surface area contributed by atoms with Gasteiger partial charge >= 0.3 is 17.9 Å². The lowest BCUT2D eigenvalue weighted by Crippen LogP contribution is -2.30. The summed E-state index contributed by atoms with van der Waals surface area (Å²) < 4.78 is 16.7. The molecule has 0 unspecified atom stereocenters. The smallest absolute Gasteiger partial charge is 0.306 e. The SMILES string of the molecule is CCCCC/C=C\C/C=C\C/C=C\C/C=C\CCCC(=O)OC[C@@H](COC(=O)CCCCCCCCCCC)OC(=O)CCCCCCC/C=C\CCCCCCC. The number of esters is 3. The summed E-state index contributed by atoms with van der Waals surface area (Å²) in [6.07, 6.45) is 56.4. The normalized spacial score (nSPS) is 12.5. The van der Waals surface area contributed by atoms with Crippen LogP contribution in [0.1, 0.15) is 233 Å². The molecule has 6 nitrogen and oxygen atoms in total. The van der Waals surface area contributed by atoms with Gasteiger partial charge in [0.1, 0.15) is 13.2 Å². The van der Waals surface area contributed by atoms with Gasteiger partial charge in [-0.25, -0.2) is 0 Å². The maximum atomic E-state index is 12.7. The molecule has 0 aromatic heterocycles. The Morgan fingerprint density at radius 1 is 0.345 bits per heavy atom. The molecule has 6 heteroatoms. The Bertz CT molecular complexity index is 1070. The lowest BCUT2D eigenvalue weighted by Gasteiger charge is -2.18. The van der Waals surface area contributed by atoms with Crippen LogP contribution in [0.3, 0.4) is 0 Å². The number of carbonyl (C=O) groups is 3. The topological polar surface area (TPSA) is 78.9 Å². The van der Waals surface area contributed by atoms with Gasteiger partial charge in [-0.2, -0.15) is 0 Å². The second-order valence-corrected chi connectivity index (χ2v) is 16.0. The highest BCUT2D eigenvalue weighted by Crippen LogP contribution is 2.13. The van der Waals surface area contributed by atoms with Gasteiger partial charge < -0.3 is 14.2 Å². The minimum Gasteiger partial charge on any atom is -0.462 e. The lowest BCUT2D eigenvalue weighted by atomic mass is 10.1. The molecule has 0 fully saturated rings. The monoisotopic (exact) mass is 811 g/mol. The fourth-order valence-electron chi connectivity index (χ4n) is 6.55. The highest BCUT2D eigenvalue weighted by atomic mass is 16.6. The van der Waals surface area contributed by atoms with Gasteiger partial charge in [-0.15, -0.1) is 0 Å². The van der Waals surface area contributed by atoms with E-state index < -0.39 is 6.10 Å². The molecular weight excluding hydrogens is 721 g/mol. The number of ether oxygens (including phenoxy) is 3. The second-order valence-electron chi connectivity index (χ2n) is 16.0. The van der Waals surface area contributed by atoms with Crippen molar-refractivity contribution in [1.82, 2.24) is 0 Å². The van der Waals surface area contributed by atoms with Crippen LogP contribution in [-0.4, -0.2) is 37.2 Å². The van der Waals surface area contributed by atoms with E-state index in [0.717, 1.165) is 77.0 Å². The molecule has 334 valence electrons. The first kappa shape index (κ1) is 55.1. The first-order valence-electron chi connectivity index (χ1n) is 24.3. The predicted molar refractivity (Wildman–Crippen MR) is 247 cm³/mol. The molecule has 0 aromatic rings. The summed E-state index contributed by atoms with van der Waals surface area (Å²) in [7, 11) is 0. The standard InChI is InChI=1S/C52H90O6/c1-4-7-10-13-16-19-21-23-25-26-27-29-30-33-36-39-42-45-51(54)57-48-49(47-56-50(53)44-41-38-35-32-18-15-12-9-6-3)58-52(55)46-43-40-37-34-31-28-24-22-20-17-14-11-8-5-2/h16,19,22-25,27,29,33,36,49H,4-15,17-18,20-21,26,28,30-32,34-35,37-48H2,1-3H3/b19-16-,24-22-,25-23-,29-27-,36-33-/t49-/m1/s1. The highest BCUT2D eigenvalue weighted by Gasteiger charge is 2.19. The quantitative estimate of drug-likeness (QED) is 0.0264. The van der Waals surface area contributed by atoms with Crippen molar-refractivity contribution in [3.63, 3.8) is 0 Å². The first-order valence-corrected chi connectivity index (χ1v) is 24.3. The average Bonchev–Trinajstić information content (AvgIpc) is 3.22. The average molecular weight is 811 g/mol. The van der Waals surface area contributed by atoms with E-state index in [-0.39, 0.29) is 37.5 Å². The van der Waals surface area contributed by atoms with Crippen molar-refractivity contribution in [3.05, 3.63) is 60.8 Å². The Hall–Kier alpha value is -2.89. The number of hydrogen-bond donors (Lipinski definition) is 0. The van der Waals surface area contributed by atoms with E-state index in [4.69, 9.17) is 14.2 Å².